The van der Waals surface area contributed by atoms with E-state index in [1.165, 1.54) is 0 Å². The maximum absolute atomic E-state index is 13.5. The summed E-state index contributed by atoms with van der Waals surface area (Å²) in [6.45, 7) is 18.6. The van der Waals surface area contributed by atoms with Gasteiger partial charge in [0, 0.05) is 17.8 Å². The molecule has 1 atom stereocenters. The quantitative estimate of drug-likeness (QED) is 0.152. The smallest absolute Gasteiger partial charge is 0.243 e. The van der Waals surface area contributed by atoms with Crippen molar-refractivity contribution in [3.63, 3.8) is 0 Å². The molecule has 214 valence electrons. The van der Waals surface area contributed by atoms with Crippen LogP contribution in [0.4, 0.5) is 11.4 Å². The predicted octanol–water partition coefficient (Wildman–Crippen LogP) is 6.81. The molecule has 0 spiro atoms. The number of amides is 3. The van der Waals surface area contributed by atoms with Gasteiger partial charge in [0.2, 0.25) is 17.7 Å². The molecule has 4 N–H and O–H groups in total. The molecule has 1 unspecified atom stereocenters. The second-order valence-electron chi connectivity index (χ2n) is 13.6. The van der Waals surface area contributed by atoms with Crippen molar-refractivity contribution < 1.29 is 19.6 Å². The van der Waals surface area contributed by atoms with Crippen LogP contribution in [0.3, 0.4) is 0 Å². The maximum atomic E-state index is 13.5. The van der Waals surface area contributed by atoms with Gasteiger partial charge in [-0.3, -0.25) is 19.6 Å². The number of anilines is 2. The molecule has 3 amide bonds. The molecule has 0 radical (unpaired) electrons. The van der Waals surface area contributed by atoms with Crippen LogP contribution in [0.2, 0.25) is 0 Å². The van der Waals surface area contributed by atoms with Crippen LogP contribution in [0.5, 0.6) is 0 Å². The van der Waals surface area contributed by atoms with Gasteiger partial charge in [-0.25, -0.2) is 5.48 Å². The highest BCUT2D eigenvalue weighted by molar-refractivity contribution is 6.10. The Hall–Kier alpha value is -3.19. The molecule has 0 bridgehead atoms. The first-order chi connectivity index (χ1) is 17.9. The molecule has 39 heavy (non-hydrogen) atoms. The Morgan fingerprint density at radius 2 is 1.10 bits per heavy atom. The SMILES string of the molecule is CC(CC(C(=O)Nc1ccc(C(C)(C)C)cc1)C(=O)Nc1ccc(C(C)(C)C)cc1)CC(C)(C)CC(=O)NO. The number of benzene rings is 2. The second kappa shape index (κ2) is 12.8. The molecule has 0 aromatic heterocycles. The number of rotatable bonds is 10. The van der Waals surface area contributed by atoms with Crippen LogP contribution in [0.25, 0.3) is 0 Å². The van der Waals surface area contributed by atoms with E-state index in [4.69, 9.17) is 5.21 Å². The van der Waals surface area contributed by atoms with Crippen LogP contribution >= 0.6 is 0 Å². The van der Waals surface area contributed by atoms with Gasteiger partial charge in [-0.1, -0.05) is 86.6 Å². The Morgan fingerprint density at radius 1 is 0.718 bits per heavy atom. The van der Waals surface area contributed by atoms with E-state index in [2.05, 4.69) is 52.2 Å². The van der Waals surface area contributed by atoms with Crippen LogP contribution in [0.1, 0.15) is 92.7 Å². The summed E-state index contributed by atoms with van der Waals surface area (Å²) in [4.78, 5) is 38.7. The van der Waals surface area contributed by atoms with Gasteiger partial charge in [0.25, 0.3) is 0 Å². The third-order valence-electron chi connectivity index (χ3n) is 6.97. The summed E-state index contributed by atoms with van der Waals surface area (Å²) < 4.78 is 0. The molecule has 0 saturated heterocycles. The summed E-state index contributed by atoms with van der Waals surface area (Å²) in [5, 5.41) is 14.8. The summed E-state index contributed by atoms with van der Waals surface area (Å²) in [6, 6.07) is 15.4. The van der Waals surface area contributed by atoms with E-state index in [-0.39, 0.29) is 35.0 Å². The number of hydroxylamine groups is 1. The van der Waals surface area contributed by atoms with Gasteiger partial charge < -0.3 is 10.6 Å². The van der Waals surface area contributed by atoms with Crippen LogP contribution in [0, 0.1) is 17.3 Å². The third kappa shape index (κ3) is 10.1. The number of carbonyl (C=O) groups is 3. The lowest BCUT2D eigenvalue weighted by Crippen LogP contribution is -2.36. The largest absolute Gasteiger partial charge is 0.325 e. The van der Waals surface area contributed by atoms with Crippen molar-refractivity contribution in [2.24, 2.45) is 17.3 Å². The fraction of sp³-hybridized carbons (Fsp3) is 0.531. The van der Waals surface area contributed by atoms with E-state index in [1.807, 2.05) is 69.3 Å². The average molecular weight is 538 g/mol. The molecule has 2 aromatic rings. The Bertz CT molecular complexity index is 1050. The van der Waals surface area contributed by atoms with Crippen LogP contribution in [-0.4, -0.2) is 22.9 Å². The third-order valence-corrected chi connectivity index (χ3v) is 6.97. The van der Waals surface area contributed by atoms with E-state index in [0.717, 1.165) is 11.1 Å². The zero-order chi connectivity index (χ0) is 29.6. The van der Waals surface area contributed by atoms with Gasteiger partial charge in [0.1, 0.15) is 5.92 Å². The summed E-state index contributed by atoms with van der Waals surface area (Å²) in [5.41, 5.74) is 4.80. The van der Waals surface area contributed by atoms with E-state index in [9.17, 15) is 14.4 Å². The standard InChI is InChI=1S/C32H47N3O4/c1-21(19-32(8,9)20-27(36)35-39)18-26(28(37)33-24-14-10-22(11-15-24)30(2,3)4)29(38)34-25-16-12-23(13-17-25)31(5,6)7/h10-17,21,26,39H,18-20H2,1-9H3,(H,33,37)(H,34,38)(H,35,36). The van der Waals surface area contributed by atoms with E-state index < -0.39 is 17.2 Å². The Labute approximate surface area is 234 Å². The first kappa shape index (κ1) is 32.0. The van der Waals surface area contributed by atoms with Crippen molar-refractivity contribution in [1.29, 1.82) is 0 Å². The molecular formula is C32H47N3O4. The topological polar surface area (TPSA) is 108 Å². The van der Waals surface area contributed by atoms with Gasteiger partial charge >= 0.3 is 0 Å². The molecule has 0 saturated carbocycles. The number of hydrogen-bond donors (Lipinski definition) is 4. The minimum atomic E-state index is -0.938. The van der Waals surface area contributed by atoms with Gasteiger partial charge in [0.05, 0.1) is 0 Å². The van der Waals surface area contributed by atoms with Gasteiger partial charge in [-0.05, 0) is 70.4 Å². The van der Waals surface area contributed by atoms with Crippen LogP contribution < -0.4 is 16.1 Å². The fourth-order valence-electron chi connectivity index (χ4n) is 4.87. The highest BCUT2D eigenvalue weighted by atomic mass is 16.5. The fourth-order valence-corrected chi connectivity index (χ4v) is 4.87. The van der Waals surface area contributed by atoms with Gasteiger partial charge in [-0.15, -0.1) is 0 Å². The Balaban J connectivity index is 2.24. The van der Waals surface area contributed by atoms with Crippen molar-refractivity contribution in [3.05, 3.63) is 59.7 Å². The number of carbonyl (C=O) groups excluding carboxylic acids is 3. The maximum Gasteiger partial charge on any atom is 0.243 e. The highest BCUT2D eigenvalue weighted by Gasteiger charge is 2.32. The zero-order valence-electron chi connectivity index (χ0n) is 25.1. The second-order valence-corrected chi connectivity index (χ2v) is 13.6. The number of nitrogens with one attached hydrogen (secondary N) is 3. The molecule has 7 heteroatoms. The number of hydrogen-bond acceptors (Lipinski definition) is 4. The van der Waals surface area contributed by atoms with Crippen LogP contribution in [0.15, 0.2) is 48.5 Å². The van der Waals surface area contributed by atoms with E-state index in [0.29, 0.717) is 24.2 Å². The van der Waals surface area contributed by atoms with E-state index in [1.54, 1.807) is 5.48 Å². The zero-order valence-corrected chi connectivity index (χ0v) is 25.1. The first-order valence-electron chi connectivity index (χ1n) is 13.7. The summed E-state index contributed by atoms with van der Waals surface area (Å²) >= 11 is 0. The predicted molar refractivity (Wildman–Crippen MR) is 158 cm³/mol. The molecule has 0 aliphatic heterocycles. The van der Waals surface area contributed by atoms with Crippen molar-refractivity contribution in [1.82, 2.24) is 5.48 Å². The molecule has 0 aliphatic carbocycles. The lowest BCUT2D eigenvalue weighted by molar-refractivity contribution is -0.132. The van der Waals surface area contributed by atoms with Crippen molar-refractivity contribution in [2.45, 2.75) is 92.4 Å². The van der Waals surface area contributed by atoms with Gasteiger partial charge in [0.15, 0.2) is 0 Å². The summed E-state index contributed by atoms with van der Waals surface area (Å²) in [7, 11) is 0. The van der Waals surface area contributed by atoms with Gasteiger partial charge in [-0.2, -0.15) is 0 Å². The summed E-state index contributed by atoms with van der Waals surface area (Å²) in [6.07, 6.45) is 1.04. The highest BCUT2D eigenvalue weighted by Crippen LogP contribution is 2.33. The molecule has 0 aliphatic rings. The first-order valence-corrected chi connectivity index (χ1v) is 13.7. The normalized spacial score (nSPS) is 13.1. The minimum Gasteiger partial charge on any atom is -0.325 e. The molecular weight excluding hydrogens is 490 g/mol. The lowest BCUT2D eigenvalue weighted by Gasteiger charge is -2.29. The molecule has 2 rings (SSSR count). The molecule has 2 aromatic carbocycles. The molecule has 7 nitrogen and oxygen atoms in total. The Kier molecular flexibility index (Phi) is 10.5. The molecule has 0 fully saturated rings. The van der Waals surface area contributed by atoms with Crippen molar-refractivity contribution >= 4 is 29.1 Å². The average Bonchev–Trinajstić information content (AvgIpc) is 2.81. The van der Waals surface area contributed by atoms with Crippen molar-refractivity contribution in [2.75, 3.05) is 10.6 Å². The van der Waals surface area contributed by atoms with E-state index >= 15 is 0 Å². The monoisotopic (exact) mass is 537 g/mol. The molecule has 0 heterocycles. The lowest BCUT2D eigenvalue weighted by atomic mass is 9.77. The van der Waals surface area contributed by atoms with Crippen LogP contribution in [-0.2, 0) is 25.2 Å². The minimum absolute atomic E-state index is 0.0112. The van der Waals surface area contributed by atoms with Crippen molar-refractivity contribution in [3.8, 4) is 0 Å². The summed E-state index contributed by atoms with van der Waals surface area (Å²) in [5.74, 6) is -2.19. The Morgan fingerprint density at radius 3 is 1.44 bits per heavy atom.